The fourth-order valence-corrected chi connectivity index (χ4v) is 1.57. The van der Waals surface area contributed by atoms with Crippen LogP contribution in [-0.4, -0.2) is 26.2 Å². The lowest BCUT2D eigenvalue weighted by atomic mass is 9.97. The predicted molar refractivity (Wildman–Crippen MR) is 65.4 cm³/mol. The molecule has 0 N–H and O–H groups in total. The summed E-state index contributed by atoms with van der Waals surface area (Å²) in [7, 11) is 2.78. The third-order valence-electron chi connectivity index (χ3n) is 2.54. The van der Waals surface area contributed by atoms with Gasteiger partial charge in [-0.2, -0.15) is 0 Å². The van der Waals surface area contributed by atoms with Gasteiger partial charge in [0.1, 0.15) is 0 Å². The van der Waals surface area contributed by atoms with Crippen molar-refractivity contribution in [2.24, 2.45) is 11.8 Å². The van der Waals surface area contributed by atoms with Crippen molar-refractivity contribution in [2.45, 2.75) is 33.1 Å². The van der Waals surface area contributed by atoms with E-state index in [4.69, 9.17) is 0 Å². The minimum atomic E-state index is -0.203. The second-order valence-corrected chi connectivity index (χ2v) is 4.18. The Morgan fingerprint density at radius 2 is 1.82 bits per heavy atom. The lowest BCUT2D eigenvalue weighted by molar-refractivity contribution is -0.145. The highest BCUT2D eigenvalue weighted by atomic mass is 16.5. The molecule has 2 atom stereocenters. The van der Waals surface area contributed by atoms with Gasteiger partial charge in [0.2, 0.25) is 0 Å². The standard InChI is InChI=1S/C13H22O4/c1-10(9-11(2)13(15)17-4)7-5-6-8-12(14)16-3/h5,7,10-11H,6,8-9H2,1-4H3/b7-5-. The van der Waals surface area contributed by atoms with Crippen molar-refractivity contribution in [3.63, 3.8) is 0 Å². The van der Waals surface area contributed by atoms with Crippen LogP contribution in [0.3, 0.4) is 0 Å². The Hall–Kier alpha value is -1.32. The molecule has 0 rings (SSSR count). The molecule has 4 heteroatoms. The number of allylic oxidation sites excluding steroid dienone is 2. The average Bonchev–Trinajstić information content (AvgIpc) is 2.32. The Morgan fingerprint density at radius 1 is 1.18 bits per heavy atom. The minimum Gasteiger partial charge on any atom is -0.469 e. The fourth-order valence-electron chi connectivity index (χ4n) is 1.57. The van der Waals surface area contributed by atoms with Crippen molar-refractivity contribution in [2.75, 3.05) is 14.2 Å². The van der Waals surface area contributed by atoms with Crippen LogP contribution < -0.4 is 0 Å². The van der Waals surface area contributed by atoms with Gasteiger partial charge in [-0.05, 0) is 18.8 Å². The van der Waals surface area contributed by atoms with Crippen LogP contribution in [-0.2, 0) is 19.1 Å². The molecule has 0 saturated carbocycles. The molecule has 0 bridgehead atoms. The third-order valence-corrected chi connectivity index (χ3v) is 2.54. The van der Waals surface area contributed by atoms with E-state index in [-0.39, 0.29) is 17.9 Å². The first-order valence-corrected chi connectivity index (χ1v) is 5.82. The monoisotopic (exact) mass is 242 g/mol. The van der Waals surface area contributed by atoms with Crippen LogP contribution in [0.25, 0.3) is 0 Å². The second kappa shape index (κ2) is 8.79. The van der Waals surface area contributed by atoms with Gasteiger partial charge in [-0.1, -0.05) is 26.0 Å². The highest BCUT2D eigenvalue weighted by Gasteiger charge is 2.14. The first-order chi connectivity index (χ1) is 8.01. The van der Waals surface area contributed by atoms with Crippen LogP contribution in [0, 0.1) is 11.8 Å². The van der Waals surface area contributed by atoms with Gasteiger partial charge in [0, 0.05) is 6.42 Å². The zero-order valence-electron chi connectivity index (χ0n) is 11.1. The van der Waals surface area contributed by atoms with E-state index in [0.717, 1.165) is 6.42 Å². The second-order valence-electron chi connectivity index (χ2n) is 4.18. The molecular weight excluding hydrogens is 220 g/mol. The molecule has 17 heavy (non-hydrogen) atoms. The molecule has 0 fully saturated rings. The number of esters is 2. The number of methoxy groups -OCH3 is 2. The summed E-state index contributed by atoms with van der Waals surface area (Å²) in [6.45, 7) is 3.89. The summed E-state index contributed by atoms with van der Waals surface area (Å²) in [5, 5.41) is 0. The van der Waals surface area contributed by atoms with E-state index in [1.165, 1.54) is 14.2 Å². The van der Waals surface area contributed by atoms with Gasteiger partial charge in [-0.15, -0.1) is 0 Å². The maximum atomic E-state index is 11.2. The lowest BCUT2D eigenvalue weighted by Crippen LogP contribution is -2.14. The van der Waals surface area contributed by atoms with Gasteiger partial charge in [-0.25, -0.2) is 0 Å². The van der Waals surface area contributed by atoms with E-state index in [0.29, 0.717) is 18.8 Å². The Bertz CT molecular complexity index is 271. The Kier molecular flexibility index (Phi) is 8.11. The number of carbonyl (C=O) groups excluding carboxylic acids is 2. The molecule has 4 nitrogen and oxygen atoms in total. The topological polar surface area (TPSA) is 52.6 Å². The van der Waals surface area contributed by atoms with Crippen LogP contribution in [0.4, 0.5) is 0 Å². The SMILES string of the molecule is COC(=O)CC/C=C\C(C)CC(C)C(=O)OC. The molecule has 0 amide bonds. The maximum absolute atomic E-state index is 11.2. The van der Waals surface area contributed by atoms with Crippen molar-refractivity contribution in [3.8, 4) is 0 Å². The first kappa shape index (κ1) is 15.7. The summed E-state index contributed by atoms with van der Waals surface area (Å²) >= 11 is 0. The Labute approximate surface area is 103 Å². The van der Waals surface area contributed by atoms with Crippen LogP contribution in [0.1, 0.15) is 33.1 Å². The summed E-state index contributed by atoms with van der Waals surface area (Å²) in [6, 6.07) is 0. The molecule has 0 aromatic carbocycles. The van der Waals surface area contributed by atoms with Crippen LogP contribution in [0.2, 0.25) is 0 Å². The van der Waals surface area contributed by atoms with Gasteiger partial charge in [0.05, 0.1) is 20.1 Å². The van der Waals surface area contributed by atoms with Gasteiger partial charge in [-0.3, -0.25) is 9.59 Å². The lowest BCUT2D eigenvalue weighted by Gasteiger charge is -2.11. The van der Waals surface area contributed by atoms with Gasteiger partial charge in [0.15, 0.2) is 0 Å². The van der Waals surface area contributed by atoms with Crippen molar-refractivity contribution in [1.29, 1.82) is 0 Å². The van der Waals surface area contributed by atoms with Gasteiger partial charge < -0.3 is 9.47 Å². The molecular formula is C13H22O4. The zero-order chi connectivity index (χ0) is 13.3. The molecule has 0 aliphatic carbocycles. The number of carbonyl (C=O) groups is 2. The molecule has 0 aliphatic rings. The molecule has 0 heterocycles. The molecule has 2 unspecified atom stereocenters. The number of rotatable bonds is 7. The molecule has 98 valence electrons. The summed E-state index contributed by atoms with van der Waals surface area (Å²) in [5.74, 6) is -0.188. The largest absolute Gasteiger partial charge is 0.469 e. The van der Waals surface area contributed by atoms with E-state index < -0.39 is 0 Å². The molecule has 0 aromatic rings. The predicted octanol–water partition coefficient (Wildman–Crippen LogP) is 2.33. The molecule has 0 aliphatic heterocycles. The van der Waals surface area contributed by atoms with E-state index in [9.17, 15) is 9.59 Å². The van der Waals surface area contributed by atoms with Crippen molar-refractivity contribution in [1.82, 2.24) is 0 Å². The van der Waals surface area contributed by atoms with Gasteiger partial charge in [0.25, 0.3) is 0 Å². The fraction of sp³-hybridized carbons (Fsp3) is 0.692. The van der Waals surface area contributed by atoms with Crippen molar-refractivity contribution < 1.29 is 19.1 Å². The summed E-state index contributed by atoms with van der Waals surface area (Å²) in [4.78, 5) is 22.0. The molecule has 0 radical (unpaired) electrons. The maximum Gasteiger partial charge on any atom is 0.308 e. The molecule has 0 aromatic heterocycles. The van der Waals surface area contributed by atoms with Crippen molar-refractivity contribution in [3.05, 3.63) is 12.2 Å². The molecule has 0 saturated heterocycles. The smallest absolute Gasteiger partial charge is 0.308 e. The van der Waals surface area contributed by atoms with Crippen LogP contribution >= 0.6 is 0 Å². The summed E-state index contributed by atoms with van der Waals surface area (Å²) in [6.07, 6.45) is 5.78. The number of hydrogen-bond acceptors (Lipinski definition) is 4. The summed E-state index contributed by atoms with van der Waals surface area (Å²) < 4.78 is 9.19. The van der Waals surface area contributed by atoms with Crippen LogP contribution in [0.5, 0.6) is 0 Å². The highest BCUT2D eigenvalue weighted by molar-refractivity contribution is 5.71. The van der Waals surface area contributed by atoms with E-state index >= 15 is 0 Å². The Balaban J connectivity index is 3.85. The van der Waals surface area contributed by atoms with E-state index in [2.05, 4.69) is 9.47 Å². The highest BCUT2D eigenvalue weighted by Crippen LogP contribution is 2.14. The Morgan fingerprint density at radius 3 is 2.35 bits per heavy atom. The van der Waals surface area contributed by atoms with E-state index in [1.807, 2.05) is 26.0 Å². The number of hydrogen-bond donors (Lipinski definition) is 0. The third kappa shape index (κ3) is 7.55. The first-order valence-electron chi connectivity index (χ1n) is 5.82. The van der Waals surface area contributed by atoms with Crippen LogP contribution in [0.15, 0.2) is 12.2 Å². The van der Waals surface area contributed by atoms with Crippen molar-refractivity contribution >= 4 is 11.9 Å². The minimum absolute atomic E-state index is 0.0970. The van der Waals surface area contributed by atoms with Gasteiger partial charge >= 0.3 is 11.9 Å². The zero-order valence-corrected chi connectivity index (χ0v) is 11.1. The number of ether oxygens (including phenoxy) is 2. The van der Waals surface area contributed by atoms with E-state index in [1.54, 1.807) is 0 Å². The summed E-state index contributed by atoms with van der Waals surface area (Å²) in [5.41, 5.74) is 0. The molecule has 0 spiro atoms. The quantitative estimate of drug-likeness (QED) is 0.508. The average molecular weight is 242 g/mol. The normalized spacial score (nSPS) is 14.4.